The first kappa shape index (κ1) is 18.5. The second-order valence-electron chi connectivity index (χ2n) is 5.23. The summed E-state index contributed by atoms with van der Waals surface area (Å²) in [6.07, 6.45) is 3.17. The monoisotopic (exact) mass is 358 g/mol. The Kier molecular flexibility index (Phi) is 7.04. The first-order chi connectivity index (χ1) is 12.0. The first-order valence-electron chi connectivity index (χ1n) is 7.75. The van der Waals surface area contributed by atoms with Gasteiger partial charge in [0.2, 0.25) is 11.8 Å². The molecule has 0 saturated carbocycles. The van der Waals surface area contributed by atoms with Crippen LogP contribution in [0.5, 0.6) is 5.75 Å². The highest BCUT2D eigenvalue weighted by molar-refractivity contribution is 6.30. The quantitative estimate of drug-likeness (QED) is 0.588. The molecule has 0 aliphatic rings. The molecular weight excluding hydrogens is 340 g/mol. The van der Waals surface area contributed by atoms with Crippen LogP contribution in [0.4, 0.5) is 5.69 Å². The molecule has 0 aliphatic carbocycles. The van der Waals surface area contributed by atoms with E-state index in [0.717, 1.165) is 5.56 Å². The van der Waals surface area contributed by atoms with Crippen LogP contribution in [0.15, 0.2) is 54.6 Å². The van der Waals surface area contributed by atoms with E-state index in [1.54, 1.807) is 42.5 Å². The maximum atomic E-state index is 11.7. The number of rotatable bonds is 7. The van der Waals surface area contributed by atoms with Gasteiger partial charge in [0.25, 0.3) is 0 Å². The minimum absolute atomic E-state index is 0.142. The molecule has 0 radical (unpaired) electrons. The van der Waals surface area contributed by atoms with E-state index in [0.29, 0.717) is 29.6 Å². The molecule has 0 unspecified atom stereocenters. The molecule has 2 rings (SSSR count). The molecule has 0 aromatic heterocycles. The number of carbonyl (C=O) groups is 2. The highest BCUT2D eigenvalue weighted by Gasteiger charge is 2.00. The van der Waals surface area contributed by atoms with Gasteiger partial charge in [-0.1, -0.05) is 29.8 Å². The Labute approximate surface area is 151 Å². The van der Waals surface area contributed by atoms with E-state index in [-0.39, 0.29) is 11.8 Å². The van der Waals surface area contributed by atoms with Crippen molar-refractivity contribution in [1.82, 2.24) is 5.32 Å². The van der Waals surface area contributed by atoms with Crippen molar-refractivity contribution in [1.29, 1.82) is 0 Å². The van der Waals surface area contributed by atoms with Crippen LogP contribution < -0.4 is 15.4 Å². The van der Waals surface area contributed by atoms with Crippen LogP contribution in [0, 0.1) is 0 Å². The van der Waals surface area contributed by atoms with Gasteiger partial charge in [-0.15, -0.1) is 0 Å². The SMILES string of the molecule is CC(=O)Nc1cccc(OCCNC(=O)C=Cc2ccc(Cl)cc2)c1. The number of carbonyl (C=O) groups excluding carboxylic acids is 2. The molecule has 130 valence electrons. The molecule has 2 aromatic rings. The van der Waals surface area contributed by atoms with Crippen molar-refractivity contribution in [3.8, 4) is 5.75 Å². The van der Waals surface area contributed by atoms with Gasteiger partial charge in [-0.25, -0.2) is 0 Å². The fourth-order valence-electron chi connectivity index (χ4n) is 2.01. The topological polar surface area (TPSA) is 67.4 Å². The van der Waals surface area contributed by atoms with Gasteiger partial charge in [-0.2, -0.15) is 0 Å². The molecule has 2 amide bonds. The van der Waals surface area contributed by atoms with Gasteiger partial charge in [-0.3, -0.25) is 9.59 Å². The minimum atomic E-state index is -0.203. The Morgan fingerprint density at radius 1 is 1.16 bits per heavy atom. The van der Waals surface area contributed by atoms with Crippen molar-refractivity contribution in [2.45, 2.75) is 6.92 Å². The molecule has 0 bridgehead atoms. The lowest BCUT2D eigenvalue weighted by Crippen LogP contribution is -2.26. The molecule has 25 heavy (non-hydrogen) atoms. The molecule has 0 saturated heterocycles. The summed E-state index contributed by atoms with van der Waals surface area (Å²) in [6, 6.07) is 14.3. The van der Waals surface area contributed by atoms with Crippen LogP contribution in [-0.2, 0) is 9.59 Å². The number of benzene rings is 2. The zero-order valence-corrected chi connectivity index (χ0v) is 14.5. The summed E-state index contributed by atoms with van der Waals surface area (Å²) in [7, 11) is 0. The molecule has 2 aromatic carbocycles. The molecular formula is C19H19ClN2O3. The van der Waals surface area contributed by atoms with Crippen molar-refractivity contribution in [2.75, 3.05) is 18.5 Å². The van der Waals surface area contributed by atoms with Crippen molar-refractivity contribution in [3.63, 3.8) is 0 Å². The average Bonchev–Trinajstić information content (AvgIpc) is 2.58. The number of halogens is 1. The molecule has 6 heteroatoms. The van der Waals surface area contributed by atoms with Gasteiger partial charge in [0.15, 0.2) is 0 Å². The van der Waals surface area contributed by atoms with Gasteiger partial charge in [0, 0.05) is 29.8 Å². The number of ether oxygens (including phenoxy) is 1. The Morgan fingerprint density at radius 2 is 1.92 bits per heavy atom. The zero-order chi connectivity index (χ0) is 18.1. The summed E-state index contributed by atoms with van der Waals surface area (Å²) in [5.74, 6) is 0.277. The molecule has 5 nitrogen and oxygen atoms in total. The lowest BCUT2D eigenvalue weighted by atomic mass is 10.2. The van der Waals surface area contributed by atoms with Crippen LogP contribution in [0.1, 0.15) is 12.5 Å². The zero-order valence-electron chi connectivity index (χ0n) is 13.8. The van der Waals surface area contributed by atoms with Crippen LogP contribution in [0.3, 0.4) is 0 Å². The Balaban J connectivity index is 1.72. The van der Waals surface area contributed by atoms with Gasteiger partial charge in [0.1, 0.15) is 12.4 Å². The standard InChI is InChI=1S/C19H19ClN2O3/c1-14(23)22-17-3-2-4-18(13-17)25-12-11-21-19(24)10-7-15-5-8-16(20)9-6-15/h2-10,13H,11-12H2,1H3,(H,21,24)(H,22,23). The van der Waals surface area contributed by atoms with Gasteiger partial charge < -0.3 is 15.4 Å². The predicted molar refractivity (Wildman–Crippen MR) is 99.7 cm³/mol. The Bertz CT molecular complexity index is 758. The molecule has 0 atom stereocenters. The van der Waals surface area contributed by atoms with Gasteiger partial charge in [0.05, 0.1) is 6.54 Å². The van der Waals surface area contributed by atoms with E-state index in [1.807, 2.05) is 12.1 Å². The smallest absolute Gasteiger partial charge is 0.244 e. The Morgan fingerprint density at radius 3 is 2.64 bits per heavy atom. The molecule has 0 heterocycles. The summed E-state index contributed by atoms with van der Waals surface area (Å²) in [5.41, 5.74) is 1.56. The lowest BCUT2D eigenvalue weighted by Gasteiger charge is -2.08. The second kappa shape index (κ2) is 9.49. The third-order valence-corrected chi connectivity index (χ3v) is 3.37. The normalized spacial score (nSPS) is 10.5. The Hall–Kier alpha value is -2.79. The lowest BCUT2D eigenvalue weighted by molar-refractivity contribution is -0.116. The van der Waals surface area contributed by atoms with E-state index in [1.165, 1.54) is 13.0 Å². The summed E-state index contributed by atoms with van der Waals surface area (Å²) in [6.45, 7) is 2.14. The third-order valence-electron chi connectivity index (χ3n) is 3.12. The average molecular weight is 359 g/mol. The summed E-state index contributed by atoms with van der Waals surface area (Å²) in [5, 5.41) is 6.07. The number of hydrogen-bond acceptors (Lipinski definition) is 3. The largest absolute Gasteiger partial charge is 0.492 e. The maximum absolute atomic E-state index is 11.7. The van der Waals surface area contributed by atoms with Crippen molar-refractivity contribution >= 4 is 35.2 Å². The van der Waals surface area contributed by atoms with E-state index >= 15 is 0 Å². The van der Waals surface area contributed by atoms with Gasteiger partial charge in [-0.05, 0) is 35.9 Å². The van der Waals surface area contributed by atoms with E-state index in [9.17, 15) is 9.59 Å². The number of amides is 2. The van der Waals surface area contributed by atoms with Crippen LogP contribution >= 0.6 is 11.6 Å². The first-order valence-corrected chi connectivity index (χ1v) is 8.12. The number of hydrogen-bond donors (Lipinski definition) is 2. The third kappa shape index (κ3) is 7.10. The number of nitrogens with one attached hydrogen (secondary N) is 2. The minimum Gasteiger partial charge on any atom is -0.492 e. The highest BCUT2D eigenvalue weighted by atomic mass is 35.5. The van der Waals surface area contributed by atoms with E-state index < -0.39 is 0 Å². The molecule has 0 aliphatic heterocycles. The number of anilines is 1. The van der Waals surface area contributed by atoms with Crippen LogP contribution in [-0.4, -0.2) is 25.0 Å². The van der Waals surface area contributed by atoms with E-state index in [4.69, 9.17) is 16.3 Å². The van der Waals surface area contributed by atoms with Crippen molar-refractivity contribution < 1.29 is 14.3 Å². The molecule has 0 fully saturated rings. The molecule has 0 spiro atoms. The summed E-state index contributed by atoms with van der Waals surface area (Å²) in [4.78, 5) is 22.8. The molecule has 2 N–H and O–H groups in total. The maximum Gasteiger partial charge on any atom is 0.244 e. The second-order valence-corrected chi connectivity index (χ2v) is 5.67. The van der Waals surface area contributed by atoms with E-state index in [2.05, 4.69) is 10.6 Å². The van der Waals surface area contributed by atoms with Crippen LogP contribution in [0.25, 0.3) is 6.08 Å². The highest BCUT2D eigenvalue weighted by Crippen LogP contribution is 2.17. The fourth-order valence-corrected chi connectivity index (χ4v) is 2.14. The van der Waals surface area contributed by atoms with Gasteiger partial charge >= 0.3 is 0 Å². The summed E-state index contributed by atoms with van der Waals surface area (Å²) >= 11 is 5.81. The van der Waals surface area contributed by atoms with Crippen molar-refractivity contribution in [2.24, 2.45) is 0 Å². The summed E-state index contributed by atoms with van der Waals surface area (Å²) < 4.78 is 5.55. The van der Waals surface area contributed by atoms with Crippen molar-refractivity contribution in [3.05, 3.63) is 65.2 Å². The van der Waals surface area contributed by atoms with Crippen LogP contribution in [0.2, 0.25) is 5.02 Å². The predicted octanol–water partition coefficient (Wildman–Crippen LogP) is 3.51. The fraction of sp³-hybridized carbons (Fsp3) is 0.158.